The molecule has 3 aromatic carbocycles. The number of likely N-dealkylation sites (tertiary alicyclic amines) is 1. The molecule has 182 valence electrons. The number of nitrogens with zero attached hydrogens (tertiary/aromatic N) is 2. The lowest BCUT2D eigenvalue weighted by molar-refractivity contribution is -0.0712. The van der Waals surface area contributed by atoms with Gasteiger partial charge >= 0.3 is 6.09 Å². The monoisotopic (exact) mass is 476 g/mol. The van der Waals surface area contributed by atoms with E-state index >= 15 is 0 Å². The molecular weight excluding hydrogens is 446 g/mol. The van der Waals surface area contributed by atoms with E-state index in [1.54, 1.807) is 29.2 Å². The molecule has 2 saturated heterocycles. The highest BCUT2D eigenvalue weighted by Crippen LogP contribution is 2.40. The van der Waals surface area contributed by atoms with Crippen molar-refractivity contribution in [3.05, 3.63) is 95.6 Å². The predicted octanol–water partition coefficient (Wildman–Crippen LogP) is 6.53. The molecule has 0 N–H and O–H groups in total. The van der Waals surface area contributed by atoms with Crippen LogP contribution in [0.5, 0.6) is 0 Å². The fourth-order valence-corrected chi connectivity index (χ4v) is 5.02. The number of hydrogen-bond acceptors (Lipinski definition) is 3. The molecule has 0 radical (unpaired) electrons. The van der Waals surface area contributed by atoms with Gasteiger partial charge in [0.2, 0.25) is 0 Å². The third-order valence-electron chi connectivity index (χ3n) is 7.46. The first-order valence-electron chi connectivity index (χ1n) is 12.3. The Balaban J connectivity index is 1.31. The number of carbonyl (C=O) groups is 1. The van der Waals surface area contributed by atoms with Gasteiger partial charge in [0.15, 0.2) is 0 Å². The maximum atomic E-state index is 13.6. The van der Waals surface area contributed by atoms with Gasteiger partial charge in [-0.25, -0.2) is 13.6 Å². The standard InChI is InChI=1S/C29H30F2N2O2/c1-21(22-3-5-23(6-4-22)24-7-11-26(30)12-8-24)33-20-16-29(35-28(33)34,15-19-32-17-2-18-32)25-9-13-27(31)14-10-25/h3-14,21H,2,15-20H2,1H3/t21-,29+/m0/s1. The van der Waals surface area contributed by atoms with E-state index in [4.69, 9.17) is 4.74 Å². The molecule has 2 aliphatic rings. The minimum Gasteiger partial charge on any atom is -0.438 e. The summed E-state index contributed by atoms with van der Waals surface area (Å²) in [5, 5.41) is 0. The van der Waals surface area contributed by atoms with Crippen molar-refractivity contribution in [2.75, 3.05) is 26.2 Å². The third-order valence-corrected chi connectivity index (χ3v) is 7.46. The molecule has 0 bridgehead atoms. The van der Waals surface area contributed by atoms with Crippen molar-refractivity contribution in [3.8, 4) is 11.1 Å². The summed E-state index contributed by atoms with van der Waals surface area (Å²) in [5.41, 5.74) is 3.03. The number of benzene rings is 3. The van der Waals surface area contributed by atoms with Crippen molar-refractivity contribution >= 4 is 6.09 Å². The Bertz CT molecular complexity index is 1160. The number of carbonyl (C=O) groups excluding carboxylic acids is 1. The highest BCUT2D eigenvalue weighted by Gasteiger charge is 2.43. The summed E-state index contributed by atoms with van der Waals surface area (Å²) in [4.78, 5) is 17.4. The first-order chi connectivity index (χ1) is 16.9. The highest BCUT2D eigenvalue weighted by molar-refractivity contribution is 5.70. The van der Waals surface area contributed by atoms with E-state index in [-0.39, 0.29) is 23.8 Å². The molecule has 0 aromatic heterocycles. The average Bonchev–Trinajstić information content (AvgIpc) is 2.84. The molecule has 3 aromatic rings. The molecule has 0 saturated carbocycles. The van der Waals surface area contributed by atoms with Gasteiger partial charge in [-0.2, -0.15) is 0 Å². The molecule has 4 nitrogen and oxygen atoms in total. The van der Waals surface area contributed by atoms with E-state index in [9.17, 15) is 13.6 Å². The lowest BCUT2D eigenvalue weighted by atomic mass is 9.85. The highest BCUT2D eigenvalue weighted by atomic mass is 19.1. The molecule has 2 heterocycles. The lowest BCUT2D eigenvalue weighted by Crippen LogP contribution is -2.50. The first kappa shape index (κ1) is 23.5. The summed E-state index contributed by atoms with van der Waals surface area (Å²) >= 11 is 0. The van der Waals surface area contributed by atoms with Crippen molar-refractivity contribution in [2.24, 2.45) is 0 Å². The number of amides is 1. The number of hydrogen-bond donors (Lipinski definition) is 0. The van der Waals surface area contributed by atoms with Gasteiger partial charge in [-0.15, -0.1) is 0 Å². The summed E-state index contributed by atoms with van der Waals surface area (Å²) < 4.78 is 33.0. The summed E-state index contributed by atoms with van der Waals surface area (Å²) in [6.07, 6.45) is 2.20. The SMILES string of the molecule is C[C@@H](c1ccc(-c2ccc(F)cc2)cc1)N1CC[C@](CCN2CCC2)(c2ccc(F)cc2)OC1=O. The molecule has 6 heteroatoms. The number of ether oxygens (including phenoxy) is 1. The Kier molecular flexibility index (Phi) is 6.56. The zero-order valence-electron chi connectivity index (χ0n) is 19.9. The second-order valence-electron chi connectivity index (χ2n) is 9.56. The first-order valence-corrected chi connectivity index (χ1v) is 12.3. The number of rotatable bonds is 7. The Morgan fingerprint density at radius 2 is 1.43 bits per heavy atom. The van der Waals surface area contributed by atoms with Crippen LogP contribution in [0.4, 0.5) is 13.6 Å². The third kappa shape index (κ3) is 4.94. The van der Waals surface area contributed by atoms with Crippen molar-refractivity contribution < 1.29 is 18.3 Å². The van der Waals surface area contributed by atoms with E-state index in [1.807, 2.05) is 31.2 Å². The Morgan fingerprint density at radius 1 is 0.857 bits per heavy atom. The molecule has 0 unspecified atom stereocenters. The van der Waals surface area contributed by atoms with Gasteiger partial charge in [0.1, 0.15) is 17.2 Å². The van der Waals surface area contributed by atoms with Gasteiger partial charge in [0.05, 0.1) is 6.04 Å². The zero-order chi connectivity index (χ0) is 24.4. The van der Waals surface area contributed by atoms with Crippen molar-refractivity contribution in [1.82, 2.24) is 9.80 Å². The van der Waals surface area contributed by atoms with E-state index in [0.29, 0.717) is 19.4 Å². The summed E-state index contributed by atoms with van der Waals surface area (Å²) in [6, 6.07) is 20.6. The number of halogens is 2. The smallest absolute Gasteiger partial charge is 0.411 e. The fraction of sp³-hybridized carbons (Fsp3) is 0.345. The van der Waals surface area contributed by atoms with Crippen LogP contribution < -0.4 is 0 Å². The van der Waals surface area contributed by atoms with Crippen LogP contribution in [0.25, 0.3) is 11.1 Å². The largest absolute Gasteiger partial charge is 0.438 e. The molecule has 1 amide bonds. The van der Waals surface area contributed by atoms with Crippen LogP contribution in [-0.4, -0.2) is 42.1 Å². The van der Waals surface area contributed by atoms with Gasteiger partial charge in [0, 0.05) is 25.9 Å². The molecule has 2 aliphatic heterocycles. The van der Waals surface area contributed by atoms with E-state index in [2.05, 4.69) is 4.90 Å². The Labute approximate surface area is 205 Å². The molecule has 5 rings (SSSR count). The average molecular weight is 477 g/mol. The van der Waals surface area contributed by atoms with Gasteiger partial charge in [-0.1, -0.05) is 48.5 Å². The van der Waals surface area contributed by atoms with Crippen LogP contribution in [0.15, 0.2) is 72.8 Å². The topological polar surface area (TPSA) is 32.8 Å². The van der Waals surface area contributed by atoms with Gasteiger partial charge < -0.3 is 14.5 Å². The van der Waals surface area contributed by atoms with Crippen LogP contribution in [0.1, 0.15) is 43.4 Å². The molecule has 0 spiro atoms. The summed E-state index contributed by atoms with van der Waals surface area (Å²) in [7, 11) is 0. The van der Waals surface area contributed by atoms with Crippen LogP contribution >= 0.6 is 0 Å². The van der Waals surface area contributed by atoms with Crippen LogP contribution in [0.3, 0.4) is 0 Å². The molecule has 0 aliphatic carbocycles. The van der Waals surface area contributed by atoms with E-state index < -0.39 is 5.60 Å². The van der Waals surface area contributed by atoms with E-state index in [1.165, 1.54) is 30.7 Å². The fourth-order valence-electron chi connectivity index (χ4n) is 5.02. The van der Waals surface area contributed by atoms with Crippen LogP contribution in [0.2, 0.25) is 0 Å². The van der Waals surface area contributed by atoms with Crippen LogP contribution in [0, 0.1) is 11.6 Å². The molecule has 35 heavy (non-hydrogen) atoms. The quantitative estimate of drug-likeness (QED) is 0.389. The summed E-state index contributed by atoms with van der Waals surface area (Å²) in [6.45, 7) is 5.55. The van der Waals surface area contributed by atoms with Crippen molar-refractivity contribution in [1.29, 1.82) is 0 Å². The minimum absolute atomic E-state index is 0.161. The maximum absolute atomic E-state index is 13.6. The lowest BCUT2D eigenvalue weighted by Gasteiger charge is -2.45. The second kappa shape index (κ2) is 9.78. The van der Waals surface area contributed by atoms with Gasteiger partial charge in [-0.05, 0) is 73.0 Å². The predicted molar refractivity (Wildman–Crippen MR) is 132 cm³/mol. The van der Waals surface area contributed by atoms with E-state index in [0.717, 1.165) is 41.9 Å². The zero-order valence-corrected chi connectivity index (χ0v) is 19.9. The normalized spacial score (nSPS) is 21.3. The number of cyclic esters (lactones) is 1. The second-order valence-corrected chi connectivity index (χ2v) is 9.56. The van der Waals surface area contributed by atoms with Gasteiger partial charge in [0.25, 0.3) is 0 Å². The van der Waals surface area contributed by atoms with Crippen LogP contribution in [-0.2, 0) is 10.3 Å². The Morgan fingerprint density at radius 3 is 1.97 bits per heavy atom. The van der Waals surface area contributed by atoms with Crippen molar-refractivity contribution in [2.45, 2.75) is 37.8 Å². The molecular formula is C29H30F2N2O2. The Hall–Kier alpha value is -3.25. The molecule has 2 fully saturated rings. The van der Waals surface area contributed by atoms with Gasteiger partial charge in [-0.3, -0.25) is 0 Å². The molecule has 2 atom stereocenters. The minimum atomic E-state index is -0.747. The summed E-state index contributed by atoms with van der Waals surface area (Å²) in [5.74, 6) is -0.558. The van der Waals surface area contributed by atoms with Crippen molar-refractivity contribution in [3.63, 3.8) is 0 Å². The maximum Gasteiger partial charge on any atom is 0.411 e.